The van der Waals surface area contributed by atoms with Gasteiger partial charge in [-0.05, 0) is 139 Å². The first-order chi connectivity index (χ1) is 30.4. The number of hydrogen-bond donors (Lipinski definition) is 2. The molecule has 0 spiro atoms. The van der Waals surface area contributed by atoms with Crippen LogP contribution in [0.1, 0.15) is 128 Å². The molecule has 4 aliphatic rings. The fraction of sp³-hybridized carbons (Fsp3) is 0.618. The fourth-order valence-electron chi connectivity index (χ4n) is 12.9. The van der Waals surface area contributed by atoms with Gasteiger partial charge in [0.25, 0.3) is 0 Å². The number of hydrogen-bond acceptors (Lipinski definition) is 7. The molecule has 0 aromatic heterocycles. The molecule has 3 saturated carbocycles. The van der Waals surface area contributed by atoms with Gasteiger partial charge in [0.15, 0.2) is 0 Å². The van der Waals surface area contributed by atoms with Crippen molar-refractivity contribution >= 4 is 6.09 Å². The number of allylic oxidation sites excluding steroid dienone is 1. The number of alkyl carbamates (subject to hydrolysis) is 1. The number of methoxy groups -OCH3 is 2. The van der Waals surface area contributed by atoms with E-state index in [4.69, 9.17) is 23.7 Å². The summed E-state index contributed by atoms with van der Waals surface area (Å²) in [5, 5.41) is 14.1. The summed E-state index contributed by atoms with van der Waals surface area (Å²) in [4.78, 5) is 13.0. The highest BCUT2D eigenvalue weighted by Gasteiger charge is 2.59. The van der Waals surface area contributed by atoms with Crippen LogP contribution in [0, 0.1) is 46.3 Å². The minimum Gasteiger partial charge on any atom is -0.497 e. The van der Waals surface area contributed by atoms with E-state index in [9.17, 15) is 9.90 Å². The van der Waals surface area contributed by atoms with E-state index in [1.165, 1.54) is 56.9 Å². The number of aliphatic hydroxyl groups excluding tert-OH is 1. The summed E-state index contributed by atoms with van der Waals surface area (Å²) in [6.45, 7) is 13.4. The van der Waals surface area contributed by atoms with E-state index in [0.29, 0.717) is 25.0 Å². The van der Waals surface area contributed by atoms with E-state index in [0.717, 1.165) is 83.0 Å². The molecule has 63 heavy (non-hydrogen) atoms. The lowest BCUT2D eigenvalue weighted by Gasteiger charge is -2.58. The van der Waals surface area contributed by atoms with Crippen molar-refractivity contribution in [3.8, 4) is 11.5 Å². The predicted molar refractivity (Wildman–Crippen MR) is 251 cm³/mol. The zero-order valence-electron chi connectivity index (χ0n) is 39.4. The average Bonchev–Trinajstić information content (AvgIpc) is 3.66. The number of benzene rings is 3. The highest BCUT2D eigenvalue weighted by molar-refractivity contribution is 5.67. The smallest absolute Gasteiger partial charge is 0.407 e. The van der Waals surface area contributed by atoms with Crippen molar-refractivity contribution in [2.24, 2.45) is 46.3 Å². The Hall–Kier alpha value is -3.85. The molecular formula is C55H77NO7. The van der Waals surface area contributed by atoms with E-state index in [1.54, 1.807) is 14.2 Å². The molecule has 1 amide bonds. The van der Waals surface area contributed by atoms with Crippen molar-refractivity contribution in [2.45, 2.75) is 129 Å². The summed E-state index contributed by atoms with van der Waals surface area (Å²) in [6.07, 6.45) is 15.6. The molecule has 8 heteroatoms. The van der Waals surface area contributed by atoms with Gasteiger partial charge in [0.2, 0.25) is 0 Å². The van der Waals surface area contributed by atoms with Crippen LogP contribution in [0.15, 0.2) is 90.5 Å². The largest absolute Gasteiger partial charge is 0.497 e. The summed E-state index contributed by atoms with van der Waals surface area (Å²) in [5.41, 5.74) is 3.93. The van der Waals surface area contributed by atoms with E-state index >= 15 is 0 Å². The fourth-order valence-corrected chi connectivity index (χ4v) is 12.9. The van der Waals surface area contributed by atoms with Crippen LogP contribution >= 0.6 is 0 Å². The standard InChI is InChI=1S/C55H77NO7/c1-38(2)13-11-14-39(3)49-27-28-50-48-26-21-43-35-47(29-31-53(43,4)51(48)30-32-54(49,50)5)63-52(58)56-33-12-34-61-36-44(57)37-62-55(40-15-9-8-10-16-40,41-17-22-45(59-6)23-18-41)42-19-24-46(60-7)25-20-42/h8-10,15-25,38-39,44,47-51,57H,11-14,26-37H2,1-7H3,(H,56,58)/t39-,44?,47?,48?,49-,50?,51?,53+,54-/m1/s1. The van der Waals surface area contributed by atoms with Crippen LogP contribution in [0.25, 0.3) is 0 Å². The first-order valence-electron chi connectivity index (χ1n) is 24.3. The molecule has 0 saturated heterocycles. The van der Waals surface area contributed by atoms with Gasteiger partial charge in [0.1, 0.15) is 29.3 Å². The van der Waals surface area contributed by atoms with E-state index in [2.05, 4.69) is 46.0 Å². The summed E-state index contributed by atoms with van der Waals surface area (Å²) in [5.74, 6) is 6.38. The summed E-state index contributed by atoms with van der Waals surface area (Å²) < 4.78 is 29.7. The number of rotatable bonds is 20. The van der Waals surface area contributed by atoms with Crippen LogP contribution < -0.4 is 14.8 Å². The lowest BCUT2D eigenvalue weighted by molar-refractivity contribution is -0.0640. The summed E-state index contributed by atoms with van der Waals surface area (Å²) >= 11 is 0. The van der Waals surface area contributed by atoms with Crippen molar-refractivity contribution in [3.05, 3.63) is 107 Å². The third-order valence-corrected chi connectivity index (χ3v) is 16.2. The third-order valence-electron chi connectivity index (χ3n) is 16.2. The molecule has 4 aliphatic carbocycles. The summed E-state index contributed by atoms with van der Waals surface area (Å²) in [6, 6.07) is 25.7. The lowest BCUT2D eigenvalue weighted by Crippen LogP contribution is -2.51. The molecule has 0 aliphatic heterocycles. The second kappa shape index (κ2) is 21.0. The molecule has 3 fully saturated rings. The molecule has 9 atom stereocenters. The normalized spacial score (nSPS) is 27.6. The second-order valence-corrected chi connectivity index (χ2v) is 20.4. The van der Waals surface area contributed by atoms with Gasteiger partial charge in [0, 0.05) is 19.6 Å². The number of carbonyl (C=O) groups excluding carboxylic acids is 1. The zero-order valence-corrected chi connectivity index (χ0v) is 39.4. The minimum absolute atomic E-state index is 0.0220. The average molecular weight is 864 g/mol. The van der Waals surface area contributed by atoms with Gasteiger partial charge in [-0.2, -0.15) is 0 Å². The highest BCUT2D eigenvalue weighted by atomic mass is 16.6. The van der Waals surface area contributed by atoms with Gasteiger partial charge < -0.3 is 34.1 Å². The Kier molecular flexibility index (Phi) is 15.7. The van der Waals surface area contributed by atoms with Crippen LogP contribution in [-0.2, 0) is 19.8 Å². The Morgan fingerprint density at radius 2 is 1.46 bits per heavy atom. The van der Waals surface area contributed by atoms with Crippen LogP contribution in [0.5, 0.6) is 11.5 Å². The lowest BCUT2D eigenvalue weighted by atomic mass is 9.47. The molecular weight excluding hydrogens is 787 g/mol. The number of aliphatic hydroxyl groups is 1. The Morgan fingerprint density at radius 3 is 2.11 bits per heavy atom. The van der Waals surface area contributed by atoms with E-state index in [-0.39, 0.29) is 30.8 Å². The van der Waals surface area contributed by atoms with Gasteiger partial charge in [-0.15, -0.1) is 0 Å². The van der Waals surface area contributed by atoms with Gasteiger partial charge in [0.05, 0.1) is 27.4 Å². The Balaban J connectivity index is 0.861. The predicted octanol–water partition coefficient (Wildman–Crippen LogP) is 11.9. The van der Waals surface area contributed by atoms with Gasteiger partial charge in [-0.3, -0.25) is 0 Å². The van der Waals surface area contributed by atoms with Crippen molar-refractivity contribution in [2.75, 3.05) is 40.6 Å². The number of nitrogens with one attached hydrogen (secondary N) is 1. The third kappa shape index (κ3) is 10.3. The van der Waals surface area contributed by atoms with Crippen molar-refractivity contribution in [1.82, 2.24) is 5.32 Å². The maximum absolute atomic E-state index is 13.0. The molecule has 3 aromatic carbocycles. The zero-order chi connectivity index (χ0) is 44.6. The van der Waals surface area contributed by atoms with E-state index < -0.39 is 11.7 Å². The maximum Gasteiger partial charge on any atom is 0.407 e. The monoisotopic (exact) mass is 864 g/mol. The summed E-state index contributed by atoms with van der Waals surface area (Å²) in [7, 11) is 3.29. The van der Waals surface area contributed by atoms with Crippen LogP contribution in [0.4, 0.5) is 4.79 Å². The molecule has 0 heterocycles. The minimum atomic E-state index is -1.03. The van der Waals surface area contributed by atoms with Gasteiger partial charge in [-0.1, -0.05) is 120 Å². The first kappa shape index (κ1) is 47.1. The molecule has 2 N–H and O–H groups in total. The Morgan fingerprint density at radius 1 is 0.794 bits per heavy atom. The Bertz CT molecular complexity index is 1880. The number of carbonyl (C=O) groups is 1. The molecule has 3 aromatic rings. The molecule has 344 valence electrons. The number of amides is 1. The SMILES string of the molecule is COc1ccc(C(OCC(O)COCCCNC(=O)OC2CC[C@@]3(C)C(=CCC4C3CC[C@@]3(C)C4CC[C@@H]3[C@H](C)CCCC(C)C)C2)(c2ccccc2)c2ccc(OC)cc2)cc1. The maximum atomic E-state index is 13.0. The quantitative estimate of drug-likeness (QED) is 0.0663. The highest BCUT2D eigenvalue weighted by Crippen LogP contribution is 2.67. The van der Waals surface area contributed by atoms with Crippen molar-refractivity contribution < 1.29 is 33.6 Å². The van der Waals surface area contributed by atoms with Crippen LogP contribution in [-0.4, -0.2) is 64.0 Å². The first-order valence-corrected chi connectivity index (χ1v) is 24.3. The van der Waals surface area contributed by atoms with Gasteiger partial charge in [-0.25, -0.2) is 4.79 Å². The molecule has 0 bridgehead atoms. The molecule has 8 nitrogen and oxygen atoms in total. The van der Waals surface area contributed by atoms with Gasteiger partial charge >= 0.3 is 6.09 Å². The topological polar surface area (TPSA) is 95.5 Å². The molecule has 0 radical (unpaired) electrons. The van der Waals surface area contributed by atoms with Crippen molar-refractivity contribution in [1.29, 1.82) is 0 Å². The Labute approximate surface area is 378 Å². The molecule has 7 rings (SSSR count). The van der Waals surface area contributed by atoms with Crippen LogP contribution in [0.2, 0.25) is 0 Å². The van der Waals surface area contributed by atoms with E-state index in [1.807, 2.05) is 78.9 Å². The number of ether oxygens (including phenoxy) is 5. The van der Waals surface area contributed by atoms with Crippen LogP contribution in [0.3, 0.4) is 0 Å². The van der Waals surface area contributed by atoms with Crippen molar-refractivity contribution in [3.63, 3.8) is 0 Å². The number of fused-ring (bicyclic) bond motifs is 5. The second-order valence-electron chi connectivity index (χ2n) is 20.4. The molecule has 5 unspecified atom stereocenters.